The molecule has 1 aliphatic rings. The largest absolute Gasteiger partial charge is 0.480 e. The third kappa shape index (κ3) is 4.55. The number of hydrogen-bond acceptors (Lipinski definition) is 4. The average molecular weight is 279 g/mol. The van der Waals surface area contributed by atoms with Gasteiger partial charge in [0.2, 0.25) is 0 Å². The van der Waals surface area contributed by atoms with Crippen molar-refractivity contribution in [2.24, 2.45) is 0 Å². The van der Waals surface area contributed by atoms with Crippen molar-refractivity contribution in [3.8, 4) is 0 Å². The first kappa shape index (κ1) is 14.3. The van der Waals surface area contributed by atoms with Crippen molar-refractivity contribution >= 4 is 12.1 Å². The third-order valence-electron chi connectivity index (χ3n) is 3.07. The maximum atomic E-state index is 11.5. The molecule has 0 bridgehead atoms. The summed E-state index contributed by atoms with van der Waals surface area (Å²) in [5, 5.41) is 11.2. The lowest BCUT2D eigenvalue weighted by Gasteiger charge is -2.34. The molecule has 2 N–H and O–H groups in total. The summed E-state index contributed by atoms with van der Waals surface area (Å²) in [6.07, 6.45) is 0.683. The maximum Gasteiger partial charge on any atom is 0.407 e. The maximum absolute atomic E-state index is 11.5. The van der Waals surface area contributed by atoms with Gasteiger partial charge in [-0.25, -0.2) is 9.59 Å². The van der Waals surface area contributed by atoms with Gasteiger partial charge in [-0.1, -0.05) is 30.3 Å². The Labute approximate surface area is 116 Å². The van der Waals surface area contributed by atoms with Crippen molar-refractivity contribution in [3.63, 3.8) is 0 Å². The second-order valence-electron chi connectivity index (χ2n) is 4.70. The molecule has 0 heterocycles. The summed E-state index contributed by atoms with van der Waals surface area (Å²) in [6.45, 7) is -0.0613. The molecule has 0 aliphatic heterocycles. The summed E-state index contributed by atoms with van der Waals surface area (Å²) in [5.41, 5.74) is 0.930. The number of carboxylic acid groups (broad SMARTS) is 1. The summed E-state index contributed by atoms with van der Waals surface area (Å²) in [6, 6.07) is 9.42. The first-order valence-electron chi connectivity index (χ1n) is 6.44. The minimum Gasteiger partial charge on any atom is -0.480 e. The van der Waals surface area contributed by atoms with Crippen LogP contribution in [0.15, 0.2) is 30.3 Å². The van der Waals surface area contributed by atoms with Crippen LogP contribution in [0.2, 0.25) is 0 Å². The molecule has 0 radical (unpaired) electrons. The van der Waals surface area contributed by atoms with E-state index in [1.165, 1.54) is 0 Å². The van der Waals surface area contributed by atoms with E-state index in [1.54, 1.807) is 0 Å². The van der Waals surface area contributed by atoms with Crippen LogP contribution >= 0.6 is 0 Å². The number of alkyl carbamates (subject to hydrolysis) is 1. The topological polar surface area (TPSA) is 84.9 Å². The van der Waals surface area contributed by atoms with Crippen LogP contribution in [0.5, 0.6) is 0 Å². The van der Waals surface area contributed by atoms with E-state index in [-0.39, 0.29) is 25.4 Å². The van der Waals surface area contributed by atoms with Gasteiger partial charge >= 0.3 is 12.1 Å². The highest BCUT2D eigenvalue weighted by atomic mass is 16.5. The van der Waals surface area contributed by atoms with Gasteiger partial charge in [0.15, 0.2) is 0 Å². The molecule has 1 aromatic carbocycles. The molecule has 0 spiro atoms. The fraction of sp³-hybridized carbons (Fsp3) is 0.429. The molecule has 1 aliphatic carbocycles. The summed E-state index contributed by atoms with van der Waals surface area (Å²) in [5.74, 6) is -0.983. The highest BCUT2D eigenvalue weighted by Gasteiger charge is 2.31. The molecule has 20 heavy (non-hydrogen) atoms. The third-order valence-corrected chi connectivity index (χ3v) is 3.07. The van der Waals surface area contributed by atoms with Crippen LogP contribution in [0.1, 0.15) is 18.4 Å². The number of ether oxygens (including phenoxy) is 2. The molecule has 1 saturated carbocycles. The van der Waals surface area contributed by atoms with Gasteiger partial charge in [-0.05, 0) is 18.4 Å². The Bertz CT molecular complexity index is 456. The van der Waals surface area contributed by atoms with E-state index < -0.39 is 12.1 Å². The Morgan fingerprint density at radius 2 is 1.95 bits per heavy atom. The van der Waals surface area contributed by atoms with Crippen LogP contribution in [-0.4, -0.2) is 35.9 Å². The number of hydrogen-bond donors (Lipinski definition) is 2. The van der Waals surface area contributed by atoms with Crippen LogP contribution in [0.4, 0.5) is 4.79 Å². The standard InChI is InChI=1S/C14H17NO5/c16-13(17)9-19-12-6-11(7-12)15-14(18)20-8-10-4-2-1-3-5-10/h1-5,11-12H,6-9H2,(H,15,18)(H,16,17). The van der Waals surface area contributed by atoms with Crippen molar-refractivity contribution in [3.05, 3.63) is 35.9 Å². The molecular formula is C14H17NO5. The summed E-state index contributed by atoms with van der Waals surface area (Å²) in [7, 11) is 0. The lowest BCUT2D eigenvalue weighted by Crippen LogP contribution is -2.48. The number of nitrogens with one attached hydrogen (secondary N) is 1. The van der Waals surface area contributed by atoms with E-state index in [4.69, 9.17) is 14.6 Å². The molecular weight excluding hydrogens is 262 g/mol. The van der Waals surface area contributed by atoms with Crippen LogP contribution in [0, 0.1) is 0 Å². The zero-order valence-electron chi connectivity index (χ0n) is 11.0. The van der Waals surface area contributed by atoms with Crippen LogP contribution in [0.25, 0.3) is 0 Å². The lowest BCUT2D eigenvalue weighted by atomic mass is 9.89. The van der Waals surface area contributed by atoms with Gasteiger partial charge < -0.3 is 19.9 Å². The molecule has 1 amide bonds. The quantitative estimate of drug-likeness (QED) is 0.825. The molecule has 6 nitrogen and oxygen atoms in total. The first-order chi connectivity index (χ1) is 9.63. The fourth-order valence-electron chi connectivity index (χ4n) is 1.94. The van der Waals surface area contributed by atoms with Gasteiger partial charge in [-0.15, -0.1) is 0 Å². The normalized spacial score (nSPS) is 20.8. The molecule has 0 unspecified atom stereocenters. The van der Waals surface area contributed by atoms with Crippen molar-refractivity contribution in [2.75, 3.05) is 6.61 Å². The Morgan fingerprint density at radius 1 is 1.25 bits per heavy atom. The van der Waals surface area contributed by atoms with Gasteiger partial charge in [0, 0.05) is 6.04 Å². The number of aliphatic carboxylic acids is 1. The fourth-order valence-corrected chi connectivity index (χ4v) is 1.94. The number of amides is 1. The molecule has 108 valence electrons. The van der Waals surface area contributed by atoms with E-state index in [1.807, 2.05) is 30.3 Å². The van der Waals surface area contributed by atoms with Gasteiger partial charge in [-0.2, -0.15) is 0 Å². The van der Waals surface area contributed by atoms with Crippen LogP contribution < -0.4 is 5.32 Å². The highest BCUT2D eigenvalue weighted by Crippen LogP contribution is 2.23. The van der Waals surface area contributed by atoms with Crippen molar-refractivity contribution < 1.29 is 24.2 Å². The van der Waals surface area contributed by atoms with E-state index in [9.17, 15) is 9.59 Å². The molecule has 2 rings (SSSR count). The Morgan fingerprint density at radius 3 is 2.60 bits per heavy atom. The molecule has 0 aromatic heterocycles. The molecule has 1 aromatic rings. The van der Waals surface area contributed by atoms with Gasteiger partial charge in [-0.3, -0.25) is 0 Å². The van der Waals surface area contributed by atoms with Crippen molar-refractivity contribution in [2.45, 2.75) is 31.6 Å². The predicted molar refractivity (Wildman–Crippen MR) is 70.2 cm³/mol. The van der Waals surface area contributed by atoms with Crippen LogP contribution in [0.3, 0.4) is 0 Å². The SMILES string of the molecule is O=C(O)COC1CC(NC(=O)OCc2ccccc2)C1. The number of carbonyl (C=O) groups excluding carboxylic acids is 1. The Kier molecular flexibility index (Phi) is 4.95. The van der Waals surface area contributed by atoms with Crippen molar-refractivity contribution in [1.82, 2.24) is 5.32 Å². The smallest absolute Gasteiger partial charge is 0.407 e. The predicted octanol–water partition coefficient (Wildman–Crippen LogP) is 1.54. The van der Waals surface area contributed by atoms with E-state index in [0.29, 0.717) is 12.8 Å². The molecule has 6 heteroatoms. The zero-order valence-corrected chi connectivity index (χ0v) is 11.0. The average Bonchev–Trinajstić information content (AvgIpc) is 2.39. The summed E-state index contributed by atoms with van der Waals surface area (Å²) >= 11 is 0. The zero-order chi connectivity index (χ0) is 14.4. The minimum absolute atomic E-state index is 0.00271. The Balaban J connectivity index is 1.59. The van der Waals surface area contributed by atoms with E-state index in [0.717, 1.165) is 5.56 Å². The lowest BCUT2D eigenvalue weighted by molar-refractivity contribution is -0.146. The first-order valence-corrected chi connectivity index (χ1v) is 6.44. The molecule has 1 fully saturated rings. The van der Waals surface area contributed by atoms with Crippen molar-refractivity contribution in [1.29, 1.82) is 0 Å². The van der Waals surface area contributed by atoms with E-state index >= 15 is 0 Å². The second-order valence-corrected chi connectivity index (χ2v) is 4.70. The number of rotatable bonds is 6. The Hall–Kier alpha value is -2.08. The number of carboxylic acids is 1. The second kappa shape index (κ2) is 6.91. The van der Waals surface area contributed by atoms with Gasteiger partial charge in [0.05, 0.1) is 6.10 Å². The van der Waals surface area contributed by atoms with E-state index in [2.05, 4.69) is 5.32 Å². The molecule has 0 saturated heterocycles. The number of benzene rings is 1. The highest BCUT2D eigenvalue weighted by molar-refractivity contribution is 5.68. The van der Waals surface area contributed by atoms with Crippen LogP contribution in [-0.2, 0) is 20.9 Å². The molecule has 0 atom stereocenters. The monoisotopic (exact) mass is 279 g/mol. The minimum atomic E-state index is -0.983. The summed E-state index contributed by atoms with van der Waals surface area (Å²) in [4.78, 5) is 21.8. The van der Waals surface area contributed by atoms with Gasteiger partial charge in [0.25, 0.3) is 0 Å². The number of carbonyl (C=O) groups is 2. The van der Waals surface area contributed by atoms with Gasteiger partial charge in [0.1, 0.15) is 13.2 Å². The summed E-state index contributed by atoms with van der Waals surface area (Å²) < 4.78 is 10.2.